The summed E-state index contributed by atoms with van der Waals surface area (Å²) in [5, 5.41) is 8.51. The average molecular weight is 373 g/mol. The highest BCUT2D eigenvalue weighted by Crippen LogP contribution is 2.25. The van der Waals surface area contributed by atoms with Gasteiger partial charge < -0.3 is 10.1 Å². The first-order valence-electron chi connectivity index (χ1n) is 6.98. The summed E-state index contributed by atoms with van der Waals surface area (Å²) in [7, 11) is 0. The average Bonchev–Trinajstić information content (AvgIpc) is 2.86. The number of aromatic nitrogens is 2. The Morgan fingerprint density at radius 1 is 1.33 bits per heavy atom. The first kappa shape index (κ1) is 16.3. The van der Waals surface area contributed by atoms with Crippen LogP contribution in [0.1, 0.15) is 25.6 Å². The summed E-state index contributed by atoms with van der Waals surface area (Å²) < 4.78 is 8.84. The Balaban J connectivity index is 2.11. The van der Waals surface area contributed by atoms with E-state index in [0.717, 1.165) is 29.0 Å². The number of hydrogen-bond acceptors (Lipinski definition) is 3. The molecular weight excluding hydrogens is 354 g/mol. The molecule has 0 aliphatic rings. The molecule has 6 heteroatoms. The quantitative estimate of drug-likeness (QED) is 0.797. The molecule has 2 rings (SSSR count). The molecular formula is C15H19BrClN3O. The lowest BCUT2D eigenvalue weighted by Crippen LogP contribution is -2.29. The maximum atomic E-state index is 5.88. The minimum atomic E-state index is 0.0718. The zero-order valence-corrected chi connectivity index (χ0v) is 14.5. The number of rotatable bonds is 7. The van der Waals surface area contributed by atoms with E-state index >= 15 is 0 Å². The van der Waals surface area contributed by atoms with Crippen molar-refractivity contribution in [1.29, 1.82) is 0 Å². The smallest absolute Gasteiger partial charge is 0.119 e. The van der Waals surface area contributed by atoms with E-state index in [1.165, 1.54) is 0 Å². The molecule has 4 nitrogen and oxygen atoms in total. The van der Waals surface area contributed by atoms with E-state index in [1.807, 2.05) is 35.1 Å². The number of likely N-dealkylation sites (N-methyl/N-ethyl adjacent to an activating group) is 1. The Kier molecular flexibility index (Phi) is 6.08. The molecule has 2 aromatic rings. The van der Waals surface area contributed by atoms with E-state index in [4.69, 9.17) is 16.3 Å². The largest absolute Gasteiger partial charge is 0.492 e. The third-order valence-corrected chi connectivity index (χ3v) is 4.01. The number of halogens is 2. The van der Waals surface area contributed by atoms with Crippen LogP contribution in [0, 0.1) is 0 Å². The number of aryl methyl sites for hydroxylation is 1. The Morgan fingerprint density at radius 2 is 2.05 bits per heavy atom. The summed E-state index contributed by atoms with van der Waals surface area (Å²) in [6, 6.07) is 7.47. The summed E-state index contributed by atoms with van der Waals surface area (Å²) >= 11 is 9.45. The molecule has 1 atom stereocenters. The fraction of sp³-hybridized carbons (Fsp3) is 0.400. The van der Waals surface area contributed by atoms with Crippen LogP contribution in [0.5, 0.6) is 5.75 Å². The van der Waals surface area contributed by atoms with Crippen LogP contribution >= 0.6 is 27.5 Å². The Morgan fingerprint density at radius 3 is 2.67 bits per heavy atom. The molecule has 0 fully saturated rings. The van der Waals surface area contributed by atoms with Crippen LogP contribution in [-0.2, 0) is 6.54 Å². The standard InChI is InChI=1S/C15H19BrClN3O/c1-3-18-14(15-13(16)9-19-20(15)4-2)10-21-12-7-5-11(17)6-8-12/h5-9,14,18H,3-4,10H2,1-2H3. The van der Waals surface area contributed by atoms with Gasteiger partial charge in [-0.05, 0) is 53.7 Å². The van der Waals surface area contributed by atoms with Gasteiger partial charge in [-0.25, -0.2) is 0 Å². The number of nitrogens with zero attached hydrogens (tertiary/aromatic N) is 2. The SMILES string of the molecule is CCNC(COc1ccc(Cl)cc1)c1c(Br)cnn1CC. The van der Waals surface area contributed by atoms with Crippen LogP contribution in [0.3, 0.4) is 0 Å². The second kappa shape index (κ2) is 7.82. The fourth-order valence-corrected chi connectivity index (χ4v) is 2.86. The molecule has 0 saturated heterocycles. The van der Waals surface area contributed by atoms with Crippen molar-refractivity contribution >= 4 is 27.5 Å². The minimum absolute atomic E-state index is 0.0718. The number of hydrogen-bond donors (Lipinski definition) is 1. The molecule has 0 amide bonds. The molecule has 0 bridgehead atoms. The highest BCUT2D eigenvalue weighted by atomic mass is 79.9. The van der Waals surface area contributed by atoms with Crippen LogP contribution in [0.2, 0.25) is 5.02 Å². The van der Waals surface area contributed by atoms with Crippen LogP contribution in [-0.4, -0.2) is 22.9 Å². The molecule has 0 aliphatic carbocycles. The number of ether oxygens (including phenoxy) is 1. The zero-order chi connectivity index (χ0) is 15.2. The fourth-order valence-electron chi connectivity index (χ4n) is 2.16. The summed E-state index contributed by atoms with van der Waals surface area (Å²) in [5.41, 5.74) is 1.10. The number of benzene rings is 1. The van der Waals surface area contributed by atoms with E-state index in [9.17, 15) is 0 Å². The van der Waals surface area contributed by atoms with E-state index in [1.54, 1.807) is 0 Å². The Bertz CT molecular complexity index is 571. The summed E-state index contributed by atoms with van der Waals surface area (Å²) in [6.45, 7) is 6.36. The van der Waals surface area contributed by atoms with Crippen LogP contribution in [0.25, 0.3) is 0 Å². The number of nitrogens with one attached hydrogen (secondary N) is 1. The molecule has 0 aliphatic heterocycles. The van der Waals surface area contributed by atoms with E-state index in [2.05, 4.69) is 40.2 Å². The molecule has 114 valence electrons. The van der Waals surface area contributed by atoms with Crippen molar-refractivity contribution in [2.45, 2.75) is 26.4 Å². The van der Waals surface area contributed by atoms with Crippen molar-refractivity contribution in [1.82, 2.24) is 15.1 Å². The van der Waals surface area contributed by atoms with Gasteiger partial charge in [0, 0.05) is 11.6 Å². The van der Waals surface area contributed by atoms with Gasteiger partial charge in [0.25, 0.3) is 0 Å². The van der Waals surface area contributed by atoms with Crippen molar-refractivity contribution in [3.8, 4) is 5.75 Å². The molecule has 1 unspecified atom stereocenters. The van der Waals surface area contributed by atoms with E-state index < -0.39 is 0 Å². The topological polar surface area (TPSA) is 39.1 Å². The van der Waals surface area contributed by atoms with Crippen molar-refractivity contribution in [2.75, 3.05) is 13.2 Å². The summed E-state index contributed by atoms with van der Waals surface area (Å²) in [6.07, 6.45) is 1.82. The molecule has 0 spiro atoms. The lowest BCUT2D eigenvalue weighted by molar-refractivity contribution is 0.260. The molecule has 0 radical (unpaired) electrons. The van der Waals surface area contributed by atoms with E-state index in [0.29, 0.717) is 11.6 Å². The third-order valence-electron chi connectivity index (χ3n) is 3.14. The van der Waals surface area contributed by atoms with Gasteiger partial charge in [-0.3, -0.25) is 4.68 Å². The van der Waals surface area contributed by atoms with Crippen LogP contribution < -0.4 is 10.1 Å². The van der Waals surface area contributed by atoms with Gasteiger partial charge in [0.15, 0.2) is 0 Å². The van der Waals surface area contributed by atoms with Gasteiger partial charge in [0.2, 0.25) is 0 Å². The predicted octanol–water partition coefficient (Wildman–Crippen LogP) is 4.05. The normalized spacial score (nSPS) is 12.4. The van der Waals surface area contributed by atoms with Gasteiger partial charge in [-0.1, -0.05) is 18.5 Å². The van der Waals surface area contributed by atoms with Gasteiger partial charge >= 0.3 is 0 Å². The lowest BCUT2D eigenvalue weighted by atomic mass is 10.2. The predicted molar refractivity (Wildman–Crippen MR) is 89.0 cm³/mol. The van der Waals surface area contributed by atoms with Gasteiger partial charge in [-0.15, -0.1) is 0 Å². The minimum Gasteiger partial charge on any atom is -0.492 e. The summed E-state index contributed by atoms with van der Waals surface area (Å²) in [4.78, 5) is 0. The summed E-state index contributed by atoms with van der Waals surface area (Å²) in [5.74, 6) is 0.806. The van der Waals surface area contributed by atoms with Gasteiger partial charge in [-0.2, -0.15) is 5.10 Å². The van der Waals surface area contributed by atoms with Crippen molar-refractivity contribution < 1.29 is 4.74 Å². The maximum absolute atomic E-state index is 5.88. The Labute approximate surface area is 138 Å². The van der Waals surface area contributed by atoms with Crippen molar-refractivity contribution in [3.63, 3.8) is 0 Å². The van der Waals surface area contributed by atoms with Crippen LogP contribution in [0.15, 0.2) is 34.9 Å². The second-order valence-corrected chi connectivity index (χ2v) is 5.86. The molecule has 1 aromatic heterocycles. The second-order valence-electron chi connectivity index (χ2n) is 4.57. The highest BCUT2D eigenvalue weighted by molar-refractivity contribution is 9.10. The third kappa shape index (κ3) is 4.22. The van der Waals surface area contributed by atoms with Gasteiger partial charge in [0.1, 0.15) is 12.4 Å². The van der Waals surface area contributed by atoms with Crippen molar-refractivity contribution in [2.24, 2.45) is 0 Å². The zero-order valence-electron chi connectivity index (χ0n) is 12.1. The molecule has 21 heavy (non-hydrogen) atoms. The maximum Gasteiger partial charge on any atom is 0.119 e. The van der Waals surface area contributed by atoms with E-state index in [-0.39, 0.29) is 6.04 Å². The lowest BCUT2D eigenvalue weighted by Gasteiger charge is -2.20. The highest BCUT2D eigenvalue weighted by Gasteiger charge is 2.19. The monoisotopic (exact) mass is 371 g/mol. The molecule has 0 saturated carbocycles. The molecule has 1 aromatic carbocycles. The van der Waals surface area contributed by atoms with Crippen molar-refractivity contribution in [3.05, 3.63) is 45.7 Å². The van der Waals surface area contributed by atoms with Gasteiger partial charge in [0.05, 0.1) is 22.4 Å². The first-order chi connectivity index (χ1) is 10.2. The van der Waals surface area contributed by atoms with Crippen LogP contribution in [0.4, 0.5) is 0 Å². The Hall–Kier alpha value is -1.04. The molecule has 1 heterocycles. The first-order valence-corrected chi connectivity index (χ1v) is 8.15. The molecule has 1 N–H and O–H groups in total.